The molecule has 1 amide bonds. The van der Waals surface area contributed by atoms with Crippen LogP contribution in [0.1, 0.15) is 31.3 Å². The molecule has 7 nitrogen and oxygen atoms in total. The number of thiazole rings is 1. The first-order chi connectivity index (χ1) is 15.8. The number of benzene rings is 2. The van der Waals surface area contributed by atoms with Crippen LogP contribution in [-0.2, 0) is 0 Å². The number of rotatable bonds is 7. The first kappa shape index (κ1) is 24.4. The molecule has 0 aliphatic heterocycles. The van der Waals surface area contributed by atoms with Crippen LogP contribution in [0.15, 0.2) is 48.5 Å². The summed E-state index contributed by atoms with van der Waals surface area (Å²) in [5.74, 6) is 0.589. The fourth-order valence-corrected chi connectivity index (χ4v) is 4.06. The van der Waals surface area contributed by atoms with Crippen molar-refractivity contribution in [1.29, 1.82) is 0 Å². The van der Waals surface area contributed by atoms with E-state index in [0.29, 0.717) is 37.8 Å². The number of carbonyl (C=O) groups excluding carboxylic acids is 2. The van der Waals surface area contributed by atoms with Crippen molar-refractivity contribution in [3.63, 3.8) is 0 Å². The lowest BCUT2D eigenvalue weighted by Crippen LogP contribution is -2.34. The molecule has 1 aromatic heterocycles. The molecule has 0 atom stereocenters. The van der Waals surface area contributed by atoms with Crippen LogP contribution in [0.2, 0.25) is 5.02 Å². The van der Waals surface area contributed by atoms with E-state index in [4.69, 9.17) is 33.3 Å². The number of hydrogen-bond donors (Lipinski definition) is 2. The molecule has 2 N–H and O–H groups in total. The summed E-state index contributed by atoms with van der Waals surface area (Å²) in [5, 5.41) is 6.42. The van der Waals surface area contributed by atoms with Gasteiger partial charge in [-0.3, -0.25) is 14.9 Å². The maximum atomic E-state index is 12.7. The van der Waals surface area contributed by atoms with Gasteiger partial charge < -0.3 is 14.8 Å². The Balaban J connectivity index is 1.65. The van der Waals surface area contributed by atoms with Gasteiger partial charge in [0.15, 0.2) is 27.5 Å². The molecule has 0 spiro atoms. The van der Waals surface area contributed by atoms with Gasteiger partial charge in [-0.2, -0.15) is 0 Å². The highest BCUT2D eigenvalue weighted by atomic mass is 35.5. The van der Waals surface area contributed by atoms with E-state index in [-0.39, 0.29) is 16.8 Å². The van der Waals surface area contributed by atoms with Gasteiger partial charge in [0.05, 0.1) is 24.8 Å². The SMILES string of the molecule is COc1ccc(/C=C/C(=O)c2sc(NC(=S)NC(=O)c3ccc(Cl)cc3)nc2C)cc1OC. The summed E-state index contributed by atoms with van der Waals surface area (Å²) in [6.45, 7) is 1.73. The number of nitrogens with zero attached hydrogens (tertiary/aromatic N) is 1. The molecular formula is C23H20ClN3O4S2. The topological polar surface area (TPSA) is 89.6 Å². The number of thiocarbonyl (C=S) groups is 1. The fourth-order valence-electron chi connectivity index (χ4n) is 2.79. The lowest BCUT2D eigenvalue weighted by molar-refractivity contribution is 0.0976. The van der Waals surface area contributed by atoms with Gasteiger partial charge in [0.2, 0.25) is 0 Å². The third-order valence-electron chi connectivity index (χ3n) is 4.41. The number of halogens is 1. The zero-order valence-corrected chi connectivity index (χ0v) is 20.4. The molecule has 1 heterocycles. The predicted octanol–water partition coefficient (Wildman–Crippen LogP) is 5.15. The van der Waals surface area contributed by atoms with Crippen molar-refractivity contribution >= 4 is 63.2 Å². The van der Waals surface area contributed by atoms with E-state index in [1.807, 2.05) is 6.07 Å². The zero-order valence-electron chi connectivity index (χ0n) is 18.0. The minimum atomic E-state index is -0.383. The van der Waals surface area contributed by atoms with Crippen molar-refractivity contribution in [3.05, 3.63) is 75.3 Å². The Bertz CT molecular complexity index is 1220. The van der Waals surface area contributed by atoms with Gasteiger partial charge in [-0.1, -0.05) is 35.1 Å². The molecule has 0 saturated carbocycles. The number of nitrogens with one attached hydrogen (secondary N) is 2. The number of hydrogen-bond acceptors (Lipinski definition) is 7. The highest BCUT2D eigenvalue weighted by molar-refractivity contribution is 7.80. The molecule has 3 aromatic rings. The Labute approximate surface area is 205 Å². The first-order valence-electron chi connectivity index (χ1n) is 9.60. The molecule has 0 fully saturated rings. The molecule has 2 aromatic carbocycles. The Morgan fingerprint density at radius 1 is 1.09 bits per heavy atom. The van der Waals surface area contributed by atoms with Crippen LogP contribution >= 0.6 is 35.2 Å². The predicted molar refractivity (Wildman–Crippen MR) is 135 cm³/mol. The van der Waals surface area contributed by atoms with Gasteiger partial charge in [-0.15, -0.1) is 0 Å². The van der Waals surface area contributed by atoms with Crippen LogP contribution in [0, 0.1) is 6.92 Å². The lowest BCUT2D eigenvalue weighted by atomic mass is 10.1. The van der Waals surface area contributed by atoms with E-state index in [1.165, 1.54) is 6.08 Å². The molecule has 10 heteroatoms. The van der Waals surface area contributed by atoms with Gasteiger partial charge >= 0.3 is 0 Å². The van der Waals surface area contributed by atoms with Crippen molar-refractivity contribution in [1.82, 2.24) is 10.3 Å². The van der Waals surface area contributed by atoms with Crippen molar-refractivity contribution in [2.24, 2.45) is 0 Å². The molecule has 0 aliphatic carbocycles. The summed E-state index contributed by atoms with van der Waals surface area (Å²) in [6, 6.07) is 11.8. The Hall–Kier alpha value is -3.27. The van der Waals surface area contributed by atoms with Crippen molar-refractivity contribution in [3.8, 4) is 11.5 Å². The number of ketones is 1. The van der Waals surface area contributed by atoms with Crippen molar-refractivity contribution in [2.75, 3.05) is 19.5 Å². The standard InChI is InChI=1S/C23H20ClN3O4S2/c1-13-20(17(28)10-4-14-5-11-18(30-2)19(12-14)31-3)33-23(25-13)27-22(32)26-21(29)15-6-8-16(24)9-7-15/h4-12H,1-3H3,(H2,25,26,27,29,32)/b10-4+. The molecule has 170 valence electrons. The Morgan fingerprint density at radius 2 is 1.79 bits per heavy atom. The zero-order chi connectivity index (χ0) is 24.0. The molecule has 0 bridgehead atoms. The van der Waals surface area contributed by atoms with E-state index < -0.39 is 0 Å². The molecule has 0 saturated heterocycles. The van der Waals surface area contributed by atoms with Crippen LogP contribution in [0.3, 0.4) is 0 Å². The monoisotopic (exact) mass is 501 g/mol. The minimum absolute atomic E-state index is 0.0727. The fraction of sp³-hybridized carbons (Fsp3) is 0.130. The smallest absolute Gasteiger partial charge is 0.257 e. The number of allylic oxidation sites excluding steroid dienone is 1. The summed E-state index contributed by atoms with van der Waals surface area (Å²) in [7, 11) is 3.11. The van der Waals surface area contributed by atoms with E-state index in [2.05, 4.69) is 15.6 Å². The van der Waals surface area contributed by atoms with E-state index in [1.54, 1.807) is 63.6 Å². The third-order valence-corrected chi connectivity index (χ3v) is 5.95. The van der Waals surface area contributed by atoms with Crippen LogP contribution in [0.4, 0.5) is 5.13 Å². The van der Waals surface area contributed by atoms with Gasteiger partial charge in [-0.05, 0) is 67.2 Å². The number of carbonyl (C=O) groups is 2. The number of ether oxygens (including phenoxy) is 2. The minimum Gasteiger partial charge on any atom is -0.493 e. The second-order valence-corrected chi connectivity index (χ2v) is 8.50. The molecule has 0 aliphatic rings. The molecule has 33 heavy (non-hydrogen) atoms. The first-order valence-corrected chi connectivity index (χ1v) is 11.2. The largest absolute Gasteiger partial charge is 0.493 e. The molecule has 3 rings (SSSR count). The normalized spacial score (nSPS) is 10.7. The highest BCUT2D eigenvalue weighted by Gasteiger charge is 2.15. The summed E-state index contributed by atoms with van der Waals surface area (Å²) in [4.78, 5) is 29.7. The van der Waals surface area contributed by atoms with Crippen LogP contribution < -0.4 is 20.1 Å². The van der Waals surface area contributed by atoms with Crippen LogP contribution in [0.5, 0.6) is 11.5 Å². The summed E-state index contributed by atoms with van der Waals surface area (Å²) in [5.41, 5.74) is 1.75. The van der Waals surface area contributed by atoms with Crippen molar-refractivity contribution in [2.45, 2.75) is 6.92 Å². The average molecular weight is 502 g/mol. The molecule has 0 unspecified atom stereocenters. The summed E-state index contributed by atoms with van der Waals surface area (Å²) >= 11 is 12.2. The number of aryl methyl sites for hydroxylation is 1. The maximum absolute atomic E-state index is 12.7. The van der Waals surface area contributed by atoms with Gasteiger partial charge in [0.25, 0.3) is 5.91 Å². The van der Waals surface area contributed by atoms with Crippen LogP contribution in [-0.4, -0.2) is 36.0 Å². The van der Waals surface area contributed by atoms with E-state index in [0.717, 1.165) is 16.9 Å². The Morgan fingerprint density at radius 3 is 2.45 bits per heavy atom. The molecular weight excluding hydrogens is 482 g/mol. The molecule has 0 radical (unpaired) electrons. The summed E-state index contributed by atoms with van der Waals surface area (Å²) < 4.78 is 10.5. The lowest BCUT2D eigenvalue weighted by Gasteiger charge is -2.07. The van der Waals surface area contributed by atoms with E-state index in [9.17, 15) is 9.59 Å². The van der Waals surface area contributed by atoms with Crippen LogP contribution in [0.25, 0.3) is 6.08 Å². The summed E-state index contributed by atoms with van der Waals surface area (Å²) in [6.07, 6.45) is 3.15. The number of amides is 1. The van der Waals surface area contributed by atoms with Gasteiger partial charge in [0.1, 0.15) is 0 Å². The van der Waals surface area contributed by atoms with Crippen molar-refractivity contribution < 1.29 is 19.1 Å². The van der Waals surface area contributed by atoms with Gasteiger partial charge in [0, 0.05) is 10.6 Å². The maximum Gasteiger partial charge on any atom is 0.257 e. The third kappa shape index (κ3) is 6.38. The average Bonchev–Trinajstić information content (AvgIpc) is 3.17. The second-order valence-electron chi connectivity index (χ2n) is 6.66. The number of anilines is 1. The van der Waals surface area contributed by atoms with E-state index >= 15 is 0 Å². The number of methoxy groups -OCH3 is 2. The van der Waals surface area contributed by atoms with Gasteiger partial charge in [-0.25, -0.2) is 4.98 Å². The quantitative estimate of drug-likeness (QED) is 0.263. The number of aromatic nitrogens is 1. The Kier molecular flexibility index (Phi) is 8.16. The highest BCUT2D eigenvalue weighted by Crippen LogP contribution is 2.28. The second kappa shape index (κ2) is 11.0.